The van der Waals surface area contributed by atoms with Gasteiger partial charge in [0.05, 0.1) is 5.02 Å². The molecule has 0 saturated heterocycles. The monoisotopic (exact) mass is 516 g/mol. The van der Waals surface area contributed by atoms with Crippen molar-refractivity contribution >= 4 is 46.1 Å². The molecule has 4 rings (SSSR count). The van der Waals surface area contributed by atoms with E-state index in [1.54, 1.807) is 12.1 Å². The van der Waals surface area contributed by atoms with Crippen LogP contribution in [0.4, 0.5) is 10.1 Å². The summed E-state index contributed by atoms with van der Waals surface area (Å²) in [6.45, 7) is 0.0573. The van der Waals surface area contributed by atoms with Gasteiger partial charge in [0.25, 0.3) is 11.8 Å². The Morgan fingerprint density at radius 1 is 1.11 bits per heavy atom. The van der Waals surface area contributed by atoms with Gasteiger partial charge in [-0.15, -0.1) is 0 Å². The van der Waals surface area contributed by atoms with E-state index < -0.39 is 17.6 Å². The van der Waals surface area contributed by atoms with Crippen molar-refractivity contribution in [2.45, 2.75) is 6.42 Å². The van der Waals surface area contributed by atoms with E-state index >= 15 is 0 Å². The highest BCUT2D eigenvalue weighted by Crippen LogP contribution is 2.26. The summed E-state index contributed by atoms with van der Waals surface area (Å²) in [7, 11) is 0. The standard InChI is InChI=1S/C28H22ClFN4O3/c29-24-14-18(5-10-26(24)37-17-27(35)34-22-8-6-21(30)7-9-22)13-20(15-31)28(36)32-12-11-19-16-33-25-4-2-1-3-23(19)25/h1-10,13-14,16,33H,11-12,17H2,(H,32,36)(H,34,35)/b20-13-. The van der Waals surface area contributed by atoms with Crippen LogP contribution in [0, 0.1) is 17.1 Å². The Morgan fingerprint density at radius 2 is 1.89 bits per heavy atom. The zero-order valence-electron chi connectivity index (χ0n) is 19.6. The van der Waals surface area contributed by atoms with Crippen molar-refractivity contribution < 1.29 is 18.7 Å². The first-order valence-corrected chi connectivity index (χ1v) is 11.7. The molecule has 9 heteroatoms. The minimum Gasteiger partial charge on any atom is -0.482 e. The topological polar surface area (TPSA) is 107 Å². The SMILES string of the molecule is N#C/C(=C/c1ccc(OCC(=O)Nc2ccc(F)cc2)c(Cl)c1)C(=O)NCCc1c[nH]c2ccccc12. The summed E-state index contributed by atoms with van der Waals surface area (Å²) in [5.41, 5.74) is 3.00. The fourth-order valence-electron chi connectivity index (χ4n) is 3.66. The number of benzene rings is 3. The average Bonchev–Trinajstić information content (AvgIpc) is 3.31. The predicted octanol–water partition coefficient (Wildman–Crippen LogP) is 5.24. The van der Waals surface area contributed by atoms with Gasteiger partial charge in [-0.1, -0.05) is 35.9 Å². The third-order valence-electron chi connectivity index (χ3n) is 5.47. The molecule has 0 spiro atoms. The molecule has 0 saturated carbocycles. The van der Waals surface area contributed by atoms with Crippen LogP contribution in [0.5, 0.6) is 5.75 Å². The summed E-state index contributed by atoms with van der Waals surface area (Å²) in [6.07, 6.45) is 3.95. The van der Waals surface area contributed by atoms with Crippen LogP contribution in [-0.2, 0) is 16.0 Å². The van der Waals surface area contributed by atoms with Gasteiger partial charge < -0.3 is 20.4 Å². The van der Waals surface area contributed by atoms with E-state index in [0.29, 0.717) is 24.2 Å². The number of carbonyl (C=O) groups is 2. The molecule has 1 heterocycles. The lowest BCUT2D eigenvalue weighted by Gasteiger charge is -2.09. The van der Waals surface area contributed by atoms with E-state index in [1.165, 1.54) is 36.4 Å². The average molecular weight is 517 g/mol. The summed E-state index contributed by atoms with van der Waals surface area (Å²) in [5.74, 6) is -1.08. The van der Waals surface area contributed by atoms with Crippen molar-refractivity contribution in [3.05, 3.63) is 100 Å². The number of hydrogen-bond acceptors (Lipinski definition) is 4. The predicted molar refractivity (Wildman–Crippen MR) is 141 cm³/mol. The molecule has 0 fully saturated rings. The molecule has 0 bridgehead atoms. The highest BCUT2D eigenvalue weighted by molar-refractivity contribution is 6.32. The number of rotatable bonds is 9. The first kappa shape index (κ1) is 25.5. The normalized spacial score (nSPS) is 11.1. The molecule has 3 N–H and O–H groups in total. The smallest absolute Gasteiger partial charge is 0.262 e. The van der Waals surface area contributed by atoms with E-state index in [-0.39, 0.29) is 23.0 Å². The molecule has 1 aromatic heterocycles. The van der Waals surface area contributed by atoms with Gasteiger partial charge in [-0.3, -0.25) is 9.59 Å². The van der Waals surface area contributed by atoms with E-state index in [4.69, 9.17) is 16.3 Å². The number of fused-ring (bicyclic) bond motifs is 1. The summed E-state index contributed by atoms with van der Waals surface area (Å²) in [4.78, 5) is 27.8. The zero-order valence-corrected chi connectivity index (χ0v) is 20.3. The Bertz CT molecular complexity index is 1510. The van der Waals surface area contributed by atoms with Gasteiger partial charge in [0.15, 0.2) is 6.61 Å². The van der Waals surface area contributed by atoms with E-state index in [0.717, 1.165) is 16.5 Å². The van der Waals surface area contributed by atoms with Crippen LogP contribution < -0.4 is 15.4 Å². The second-order valence-corrected chi connectivity index (χ2v) is 8.48. The van der Waals surface area contributed by atoms with Crippen LogP contribution in [0.15, 0.2) is 78.5 Å². The molecule has 4 aromatic rings. The number of anilines is 1. The highest BCUT2D eigenvalue weighted by atomic mass is 35.5. The fourth-order valence-corrected chi connectivity index (χ4v) is 3.90. The fraction of sp³-hybridized carbons (Fsp3) is 0.107. The van der Waals surface area contributed by atoms with Crippen LogP contribution in [0.1, 0.15) is 11.1 Å². The van der Waals surface area contributed by atoms with Gasteiger partial charge >= 0.3 is 0 Å². The second-order valence-electron chi connectivity index (χ2n) is 8.07. The Kier molecular flexibility index (Phi) is 8.18. The quantitative estimate of drug-likeness (QED) is 0.209. The molecular formula is C28H22ClFN4O3. The van der Waals surface area contributed by atoms with Crippen molar-refractivity contribution in [1.29, 1.82) is 5.26 Å². The number of aromatic amines is 1. The summed E-state index contributed by atoms with van der Waals surface area (Å²) in [6, 6.07) is 19.9. The Balaban J connectivity index is 1.31. The number of halogens is 2. The lowest BCUT2D eigenvalue weighted by Crippen LogP contribution is -2.26. The lowest BCUT2D eigenvalue weighted by atomic mass is 10.1. The molecule has 0 unspecified atom stereocenters. The number of ether oxygens (including phenoxy) is 1. The van der Waals surface area contributed by atoms with Gasteiger partial charge in [0.2, 0.25) is 0 Å². The first-order valence-electron chi connectivity index (χ1n) is 11.4. The number of para-hydroxylation sites is 1. The van der Waals surface area contributed by atoms with Crippen LogP contribution in [0.25, 0.3) is 17.0 Å². The summed E-state index contributed by atoms with van der Waals surface area (Å²) in [5, 5.41) is 16.1. The first-order chi connectivity index (χ1) is 17.9. The Hall–Kier alpha value is -4.61. The van der Waals surface area contributed by atoms with E-state index in [1.807, 2.05) is 36.5 Å². The maximum Gasteiger partial charge on any atom is 0.262 e. The number of carbonyl (C=O) groups excluding carboxylic acids is 2. The van der Waals surface area contributed by atoms with Crippen molar-refractivity contribution in [2.75, 3.05) is 18.5 Å². The molecule has 3 aromatic carbocycles. The van der Waals surface area contributed by atoms with Crippen molar-refractivity contribution in [2.24, 2.45) is 0 Å². The minimum atomic E-state index is -0.490. The van der Waals surface area contributed by atoms with Gasteiger partial charge in [-0.25, -0.2) is 4.39 Å². The van der Waals surface area contributed by atoms with Crippen LogP contribution in [0.2, 0.25) is 5.02 Å². The number of amides is 2. The van der Waals surface area contributed by atoms with Gasteiger partial charge in [-0.05, 0) is 66.1 Å². The number of aromatic nitrogens is 1. The second kappa shape index (κ2) is 11.9. The van der Waals surface area contributed by atoms with E-state index in [2.05, 4.69) is 15.6 Å². The molecular weight excluding hydrogens is 495 g/mol. The molecule has 37 heavy (non-hydrogen) atoms. The van der Waals surface area contributed by atoms with Crippen molar-refractivity contribution in [1.82, 2.24) is 10.3 Å². The third kappa shape index (κ3) is 6.75. The van der Waals surface area contributed by atoms with Gasteiger partial charge in [0, 0.05) is 29.3 Å². The number of nitrogens with one attached hydrogen (secondary N) is 3. The largest absolute Gasteiger partial charge is 0.482 e. The van der Waals surface area contributed by atoms with Gasteiger partial charge in [-0.2, -0.15) is 5.26 Å². The summed E-state index contributed by atoms with van der Waals surface area (Å²) >= 11 is 6.27. The minimum absolute atomic E-state index is 0.0673. The summed E-state index contributed by atoms with van der Waals surface area (Å²) < 4.78 is 18.4. The number of nitrogens with zero attached hydrogens (tertiary/aromatic N) is 1. The molecule has 0 radical (unpaired) electrons. The van der Waals surface area contributed by atoms with Crippen molar-refractivity contribution in [3.63, 3.8) is 0 Å². The lowest BCUT2D eigenvalue weighted by molar-refractivity contribution is -0.118. The van der Waals surface area contributed by atoms with Crippen LogP contribution >= 0.6 is 11.6 Å². The van der Waals surface area contributed by atoms with Crippen molar-refractivity contribution in [3.8, 4) is 11.8 Å². The maximum atomic E-state index is 13.0. The highest BCUT2D eigenvalue weighted by Gasteiger charge is 2.12. The number of nitriles is 1. The third-order valence-corrected chi connectivity index (χ3v) is 5.77. The molecule has 0 atom stereocenters. The number of hydrogen-bond donors (Lipinski definition) is 3. The molecule has 0 aliphatic carbocycles. The van der Waals surface area contributed by atoms with Crippen LogP contribution in [-0.4, -0.2) is 29.9 Å². The maximum absolute atomic E-state index is 13.0. The molecule has 186 valence electrons. The molecule has 0 aliphatic rings. The van der Waals surface area contributed by atoms with E-state index in [9.17, 15) is 19.2 Å². The zero-order chi connectivity index (χ0) is 26.2. The number of H-pyrrole nitrogens is 1. The Labute approximate surface area is 217 Å². The molecule has 0 aliphatic heterocycles. The molecule has 2 amide bonds. The molecule has 7 nitrogen and oxygen atoms in total. The van der Waals surface area contributed by atoms with Gasteiger partial charge in [0.1, 0.15) is 23.2 Å². The van der Waals surface area contributed by atoms with Crippen LogP contribution in [0.3, 0.4) is 0 Å². The Morgan fingerprint density at radius 3 is 2.65 bits per heavy atom.